The second-order valence-corrected chi connectivity index (χ2v) is 4.03. The van der Waals surface area contributed by atoms with Crippen LogP contribution in [0.15, 0.2) is 12.1 Å². The van der Waals surface area contributed by atoms with Gasteiger partial charge < -0.3 is 16.2 Å². The Balaban J connectivity index is 3.10. The first-order valence-electron chi connectivity index (χ1n) is 4.66. The van der Waals surface area contributed by atoms with Crippen molar-refractivity contribution in [2.75, 3.05) is 17.7 Å². The lowest BCUT2D eigenvalue weighted by atomic mass is 10.1. The number of hydrogen-bond acceptors (Lipinski definition) is 6. The fourth-order valence-electron chi connectivity index (χ4n) is 1.07. The van der Waals surface area contributed by atoms with Crippen molar-refractivity contribution in [1.82, 2.24) is 4.98 Å². The predicted octanol–water partition coefficient (Wildman–Crippen LogP) is 0.755. The molecule has 0 amide bonds. The minimum absolute atomic E-state index is 0.0593. The van der Waals surface area contributed by atoms with Gasteiger partial charge in [0.2, 0.25) is 5.82 Å². The van der Waals surface area contributed by atoms with E-state index in [1.54, 1.807) is 13.8 Å². The quantitative estimate of drug-likeness (QED) is 0.515. The van der Waals surface area contributed by atoms with Crippen LogP contribution in [0, 0.1) is 10.1 Å². The summed E-state index contributed by atoms with van der Waals surface area (Å²) in [5, 5.41) is 22.6. The summed E-state index contributed by atoms with van der Waals surface area (Å²) in [6.45, 7) is 3.21. The minimum atomic E-state index is -0.703. The van der Waals surface area contributed by atoms with E-state index in [0.717, 1.165) is 0 Å². The molecule has 0 fully saturated rings. The number of nitro groups is 1. The number of aliphatic hydroxyl groups is 1. The maximum Gasteiger partial charge on any atom is 0.311 e. The number of nitrogens with two attached hydrogens (primary N) is 1. The molecule has 16 heavy (non-hydrogen) atoms. The monoisotopic (exact) mass is 226 g/mol. The molecule has 0 saturated heterocycles. The van der Waals surface area contributed by atoms with Crippen LogP contribution in [-0.2, 0) is 0 Å². The molecule has 4 N–H and O–H groups in total. The molecule has 0 aliphatic heterocycles. The molecule has 0 bridgehead atoms. The highest BCUT2D eigenvalue weighted by Gasteiger charge is 2.23. The lowest BCUT2D eigenvalue weighted by Gasteiger charge is -2.23. The number of nitrogens with zero attached hydrogens (tertiary/aromatic N) is 2. The second-order valence-electron chi connectivity index (χ2n) is 4.03. The molecule has 88 valence electrons. The highest BCUT2D eigenvalue weighted by atomic mass is 16.6. The maximum absolute atomic E-state index is 10.7. The van der Waals surface area contributed by atoms with Crippen molar-refractivity contribution in [3.8, 4) is 0 Å². The number of nitrogens with one attached hydrogen (secondary N) is 1. The summed E-state index contributed by atoms with van der Waals surface area (Å²) in [5.41, 5.74) is 4.58. The molecule has 0 aliphatic rings. The van der Waals surface area contributed by atoms with Crippen LogP contribution < -0.4 is 11.1 Å². The second kappa shape index (κ2) is 4.31. The maximum atomic E-state index is 10.7. The van der Waals surface area contributed by atoms with E-state index in [1.807, 2.05) is 0 Å². The first-order chi connectivity index (χ1) is 7.35. The van der Waals surface area contributed by atoms with Gasteiger partial charge in [0, 0.05) is 6.07 Å². The highest BCUT2D eigenvalue weighted by Crippen LogP contribution is 2.25. The molecular weight excluding hydrogens is 212 g/mol. The number of pyridine rings is 1. The summed E-state index contributed by atoms with van der Waals surface area (Å²) < 4.78 is 0. The van der Waals surface area contributed by atoms with Crippen molar-refractivity contribution < 1.29 is 10.0 Å². The zero-order valence-electron chi connectivity index (χ0n) is 9.10. The number of aliphatic hydroxyl groups excluding tert-OH is 1. The Hall–Kier alpha value is -1.89. The minimum Gasteiger partial charge on any atom is -0.394 e. The molecule has 0 spiro atoms. The van der Waals surface area contributed by atoms with E-state index >= 15 is 0 Å². The van der Waals surface area contributed by atoms with E-state index in [-0.39, 0.29) is 23.9 Å². The van der Waals surface area contributed by atoms with E-state index in [9.17, 15) is 10.1 Å². The van der Waals surface area contributed by atoms with Gasteiger partial charge in [0.1, 0.15) is 5.82 Å². The molecular formula is C9H14N4O3. The molecule has 0 atom stereocenters. The Morgan fingerprint density at radius 1 is 1.62 bits per heavy atom. The van der Waals surface area contributed by atoms with Gasteiger partial charge in [0.15, 0.2) is 0 Å². The summed E-state index contributed by atoms with van der Waals surface area (Å²) >= 11 is 0. The largest absolute Gasteiger partial charge is 0.394 e. The number of hydrogen-bond donors (Lipinski definition) is 3. The zero-order valence-corrected chi connectivity index (χ0v) is 9.10. The Morgan fingerprint density at radius 3 is 2.75 bits per heavy atom. The SMILES string of the molecule is CC(C)(CO)Nc1nc(N)ccc1[N+](=O)[O-]. The average molecular weight is 226 g/mol. The molecule has 7 nitrogen and oxygen atoms in total. The topological polar surface area (TPSA) is 114 Å². The molecule has 1 aromatic rings. The molecule has 1 heterocycles. The number of rotatable bonds is 4. The van der Waals surface area contributed by atoms with Gasteiger partial charge in [-0.2, -0.15) is 0 Å². The van der Waals surface area contributed by atoms with Crippen molar-refractivity contribution in [2.45, 2.75) is 19.4 Å². The van der Waals surface area contributed by atoms with Crippen molar-refractivity contribution in [2.24, 2.45) is 0 Å². The highest BCUT2D eigenvalue weighted by molar-refractivity contribution is 5.60. The molecule has 7 heteroatoms. The summed E-state index contributed by atoms with van der Waals surface area (Å²) in [6, 6.07) is 2.63. The van der Waals surface area contributed by atoms with E-state index in [2.05, 4.69) is 10.3 Å². The van der Waals surface area contributed by atoms with Crippen LogP contribution in [0.1, 0.15) is 13.8 Å². The number of aromatic nitrogens is 1. The van der Waals surface area contributed by atoms with Gasteiger partial charge >= 0.3 is 5.69 Å². The summed E-state index contributed by atoms with van der Waals surface area (Å²) in [4.78, 5) is 14.0. The van der Waals surface area contributed by atoms with Crippen LogP contribution >= 0.6 is 0 Å². The fourth-order valence-corrected chi connectivity index (χ4v) is 1.07. The van der Waals surface area contributed by atoms with Crippen LogP contribution in [-0.4, -0.2) is 27.2 Å². The van der Waals surface area contributed by atoms with Gasteiger partial charge in [-0.1, -0.05) is 0 Å². The van der Waals surface area contributed by atoms with E-state index in [0.29, 0.717) is 0 Å². The standard InChI is InChI=1S/C9H14N4O3/c1-9(2,5-14)12-8-6(13(15)16)3-4-7(10)11-8/h3-4,14H,5H2,1-2H3,(H3,10,11,12). The van der Waals surface area contributed by atoms with E-state index in [1.165, 1.54) is 12.1 Å². The summed E-state index contributed by atoms with van der Waals surface area (Å²) in [5.74, 6) is 0.242. The Bertz CT molecular complexity index is 406. The third-order valence-electron chi connectivity index (χ3n) is 1.94. The van der Waals surface area contributed by atoms with Crippen molar-refractivity contribution in [3.63, 3.8) is 0 Å². The smallest absolute Gasteiger partial charge is 0.311 e. The lowest BCUT2D eigenvalue weighted by Crippen LogP contribution is -2.35. The van der Waals surface area contributed by atoms with Gasteiger partial charge in [-0.3, -0.25) is 10.1 Å². The van der Waals surface area contributed by atoms with Gasteiger partial charge in [0.25, 0.3) is 0 Å². The van der Waals surface area contributed by atoms with Crippen molar-refractivity contribution in [1.29, 1.82) is 0 Å². The Kier molecular flexibility index (Phi) is 3.28. The zero-order chi connectivity index (χ0) is 12.3. The molecule has 0 saturated carbocycles. The Morgan fingerprint density at radius 2 is 2.25 bits per heavy atom. The number of nitrogen functional groups attached to an aromatic ring is 1. The van der Waals surface area contributed by atoms with Crippen LogP contribution in [0.5, 0.6) is 0 Å². The lowest BCUT2D eigenvalue weighted by molar-refractivity contribution is -0.384. The van der Waals surface area contributed by atoms with Gasteiger partial charge in [-0.25, -0.2) is 4.98 Å². The molecule has 1 aromatic heterocycles. The van der Waals surface area contributed by atoms with Gasteiger partial charge in [0.05, 0.1) is 17.1 Å². The Labute approximate surface area is 92.4 Å². The van der Waals surface area contributed by atoms with Crippen LogP contribution in [0.2, 0.25) is 0 Å². The summed E-state index contributed by atoms with van der Waals surface area (Å²) in [7, 11) is 0. The molecule has 0 aliphatic carbocycles. The van der Waals surface area contributed by atoms with Crippen molar-refractivity contribution >= 4 is 17.3 Å². The third-order valence-corrected chi connectivity index (χ3v) is 1.94. The van der Waals surface area contributed by atoms with E-state index < -0.39 is 10.5 Å². The summed E-state index contributed by atoms with van der Waals surface area (Å²) in [6.07, 6.45) is 0. The predicted molar refractivity (Wildman–Crippen MR) is 60.1 cm³/mol. The van der Waals surface area contributed by atoms with Crippen LogP contribution in [0.4, 0.5) is 17.3 Å². The van der Waals surface area contributed by atoms with E-state index in [4.69, 9.17) is 10.8 Å². The molecule has 1 rings (SSSR count). The van der Waals surface area contributed by atoms with Crippen molar-refractivity contribution in [3.05, 3.63) is 22.2 Å². The van der Waals surface area contributed by atoms with Crippen LogP contribution in [0.3, 0.4) is 0 Å². The first kappa shape index (κ1) is 12.2. The van der Waals surface area contributed by atoms with Gasteiger partial charge in [-0.05, 0) is 19.9 Å². The van der Waals surface area contributed by atoms with Gasteiger partial charge in [-0.15, -0.1) is 0 Å². The molecule has 0 unspecified atom stereocenters. The average Bonchev–Trinajstić information content (AvgIpc) is 2.16. The number of anilines is 2. The first-order valence-corrected chi connectivity index (χ1v) is 4.66. The molecule has 0 radical (unpaired) electrons. The fraction of sp³-hybridized carbons (Fsp3) is 0.444. The van der Waals surface area contributed by atoms with Crippen LogP contribution in [0.25, 0.3) is 0 Å². The molecule has 0 aromatic carbocycles. The normalized spacial score (nSPS) is 11.2. The third kappa shape index (κ3) is 2.80.